The van der Waals surface area contributed by atoms with E-state index < -0.39 is 6.61 Å². The van der Waals surface area contributed by atoms with Gasteiger partial charge in [-0.3, -0.25) is 14.2 Å². The smallest absolute Gasteiger partial charge is 0.387 e. The van der Waals surface area contributed by atoms with E-state index in [-0.39, 0.29) is 11.3 Å². The molecular formula is C20H16F2N4O2. The number of H-pyrrole nitrogens is 1. The maximum atomic E-state index is 12.7. The van der Waals surface area contributed by atoms with E-state index in [1.807, 2.05) is 17.5 Å². The van der Waals surface area contributed by atoms with Crippen molar-refractivity contribution in [2.75, 3.05) is 0 Å². The van der Waals surface area contributed by atoms with Gasteiger partial charge < -0.3 is 9.72 Å². The summed E-state index contributed by atoms with van der Waals surface area (Å²) in [5.74, 6) is 0.141. The van der Waals surface area contributed by atoms with E-state index >= 15 is 0 Å². The molecule has 0 unspecified atom stereocenters. The monoisotopic (exact) mass is 382 g/mol. The minimum absolute atomic E-state index is 0.141. The molecule has 0 radical (unpaired) electrons. The number of aromatic nitrogens is 4. The van der Waals surface area contributed by atoms with E-state index in [1.54, 1.807) is 36.7 Å². The van der Waals surface area contributed by atoms with Gasteiger partial charge >= 0.3 is 6.61 Å². The zero-order valence-corrected chi connectivity index (χ0v) is 14.9. The zero-order chi connectivity index (χ0) is 19.7. The maximum Gasteiger partial charge on any atom is 0.387 e. The van der Waals surface area contributed by atoms with Gasteiger partial charge in [-0.05, 0) is 19.1 Å². The summed E-state index contributed by atoms with van der Waals surface area (Å²) in [5.41, 5.74) is 4.10. The van der Waals surface area contributed by atoms with E-state index in [0.29, 0.717) is 23.3 Å². The predicted molar refractivity (Wildman–Crippen MR) is 99.7 cm³/mol. The third-order valence-corrected chi connectivity index (χ3v) is 4.43. The van der Waals surface area contributed by atoms with Crippen LogP contribution in [0.25, 0.3) is 16.9 Å². The Morgan fingerprint density at radius 3 is 2.79 bits per heavy atom. The number of halogens is 2. The van der Waals surface area contributed by atoms with Crippen molar-refractivity contribution in [3.05, 3.63) is 82.3 Å². The minimum atomic E-state index is -2.89. The zero-order valence-electron chi connectivity index (χ0n) is 14.9. The number of pyridine rings is 1. The number of alkyl halides is 2. The van der Waals surface area contributed by atoms with Crippen molar-refractivity contribution in [1.29, 1.82) is 0 Å². The summed E-state index contributed by atoms with van der Waals surface area (Å²) in [4.78, 5) is 22.8. The van der Waals surface area contributed by atoms with Gasteiger partial charge in [0, 0.05) is 36.0 Å². The minimum Gasteiger partial charge on any atom is -0.435 e. The van der Waals surface area contributed by atoms with Gasteiger partial charge in [0.05, 0.1) is 23.3 Å². The van der Waals surface area contributed by atoms with Gasteiger partial charge in [0.1, 0.15) is 5.75 Å². The van der Waals surface area contributed by atoms with E-state index in [4.69, 9.17) is 0 Å². The fourth-order valence-electron chi connectivity index (χ4n) is 3.09. The molecule has 0 saturated heterocycles. The molecule has 3 heterocycles. The summed E-state index contributed by atoms with van der Waals surface area (Å²) in [6, 6.07) is 9.82. The van der Waals surface area contributed by atoms with Crippen LogP contribution < -0.4 is 10.3 Å². The second kappa shape index (κ2) is 7.22. The number of para-hydroxylation sites is 1. The molecule has 8 heteroatoms. The molecular weight excluding hydrogens is 366 g/mol. The first kappa shape index (κ1) is 17.8. The number of benzene rings is 1. The van der Waals surface area contributed by atoms with Gasteiger partial charge in [0.2, 0.25) is 5.56 Å². The van der Waals surface area contributed by atoms with Crippen LogP contribution in [-0.4, -0.2) is 26.0 Å². The van der Waals surface area contributed by atoms with Crippen LogP contribution in [0.15, 0.2) is 59.8 Å². The number of rotatable bonds is 5. The number of aromatic amines is 1. The first-order valence-electron chi connectivity index (χ1n) is 8.56. The molecule has 1 N–H and O–H groups in total. The SMILES string of the molecule is Cc1nc2cnc(-c3ccc(=O)[nH]c3)cn2c1Cc1ccccc1OC(F)F. The summed E-state index contributed by atoms with van der Waals surface area (Å²) >= 11 is 0. The standard InChI is InChI=1S/C20H16F2N4O2/c1-12-16(8-13-4-2-3-5-17(13)28-20(21)22)26-11-15(23-10-18(26)25-12)14-6-7-19(27)24-9-14/h2-7,9-11,20H,8H2,1H3,(H,24,27). The van der Waals surface area contributed by atoms with Crippen molar-refractivity contribution < 1.29 is 13.5 Å². The molecule has 1 aromatic carbocycles. The van der Waals surface area contributed by atoms with Crippen molar-refractivity contribution in [3.63, 3.8) is 0 Å². The average Bonchev–Trinajstić information content (AvgIpc) is 2.98. The molecule has 6 nitrogen and oxygen atoms in total. The Morgan fingerprint density at radius 1 is 1.21 bits per heavy atom. The van der Waals surface area contributed by atoms with Crippen molar-refractivity contribution in [2.24, 2.45) is 0 Å². The Balaban J connectivity index is 1.77. The largest absolute Gasteiger partial charge is 0.435 e. The number of nitrogens with zero attached hydrogens (tertiary/aromatic N) is 3. The second-order valence-corrected chi connectivity index (χ2v) is 6.25. The molecule has 4 rings (SSSR count). The lowest BCUT2D eigenvalue weighted by Gasteiger charge is -2.11. The molecule has 28 heavy (non-hydrogen) atoms. The van der Waals surface area contributed by atoms with Crippen LogP contribution in [0.2, 0.25) is 0 Å². The molecule has 0 aliphatic heterocycles. The molecule has 0 amide bonds. The molecule has 0 bridgehead atoms. The van der Waals surface area contributed by atoms with Crippen LogP contribution in [0.3, 0.4) is 0 Å². The number of aryl methyl sites for hydroxylation is 1. The predicted octanol–water partition coefficient (Wildman–Crippen LogP) is 3.59. The van der Waals surface area contributed by atoms with E-state index in [0.717, 1.165) is 17.0 Å². The topological polar surface area (TPSA) is 72.3 Å². The highest BCUT2D eigenvalue weighted by molar-refractivity contribution is 5.59. The lowest BCUT2D eigenvalue weighted by molar-refractivity contribution is -0.0503. The van der Waals surface area contributed by atoms with Crippen LogP contribution in [0.1, 0.15) is 17.0 Å². The maximum absolute atomic E-state index is 12.7. The van der Waals surface area contributed by atoms with Crippen molar-refractivity contribution in [2.45, 2.75) is 20.0 Å². The van der Waals surface area contributed by atoms with Crippen LogP contribution in [0.5, 0.6) is 5.75 Å². The third kappa shape index (κ3) is 3.48. The Hall–Kier alpha value is -3.55. The van der Waals surface area contributed by atoms with Crippen LogP contribution in [0.4, 0.5) is 8.78 Å². The summed E-state index contributed by atoms with van der Waals surface area (Å²) in [5, 5.41) is 0. The molecule has 3 aromatic heterocycles. The summed E-state index contributed by atoms with van der Waals surface area (Å²) in [7, 11) is 0. The first-order valence-corrected chi connectivity index (χ1v) is 8.56. The fourth-order valence-corrected chi connectivity index (χ4v) is 3.09. The van der Waals surface area contributed by atoms with Gasteiger partial charge in [-0.1, -0.05) is 18.2 Å². The number of imidazole rings is 1. The third-order valence-electron chi connectivity index (χ3n) is 4.43. The summed E-state index contributed by atoms with van der Waals surface area (Å²) in [6.45, 7) is -1.03. The Kier molecular flexibility index (Phi) is 4.60. The molecule has 0 aliphatic carbocycles. The summed E-state index contributed by atoms with van der Waals surface area (Å²) < 4.78 is 31.9. The van der Waals surface area contributed by atoms with E-state index in [9.17, 15) is 13.6 Å². The van der Waals surface area contributed by atoms with E-state index in [1.165, 1.54) is 12.1 Å². The normalized spacial score (nSPS) is 11.3. The number of nitrogens with one attached hydrogen (secondary N) is 1. The molecule has 0 spiro atoms. The van der Waals surface area contributed by atoms with Gasteiger partial charge in [0.25, 0.3) is 0 Å². The average molecular weight is 382 g/mol. The van der Waals surface area contributed by atoms with Crippen LogP contribution >= 0.6 is 0 Å². The lowest BCUT2D eigenvalue weighted by Crippen LogP contribution is -2.06. The number of ether oxygens (including phenoxy) is 1. The summed E-state index contributed by atoms with van der Waals surface area (Å²) in [6.07, 6.45) is 5.41. The molecule has 0 saturated carbocycles. The molecule has 0 fully saturated rings. The number of hydrogen-bond donors (Lipinski definition) is 1. The molecule has 0 atom stereocenters. The highest BCUT2D eigenvalue weighted by Gasteiger charge is 2.15. The fraction of sp³-hybridized carbons (Fsp3) is 0.150. The number of fused-ring (bicyclic) bond motifs is 1. The van der Waals surface area contributed by atoms with Gasteiger partial charge in [-0.25, -0.2) is 4.98 Å². The van der Waals surface area contributed by atoms with Gasteiger partial charge in [0.15, 0.2) is 5.65 Å². The van der Waals surface area contributed by atoms with Gasteiger partial charge in [-0.2, -0.15) is 8.78 Å². The Labute approximate surface area is 158 Å². The lowest BCUT2D eigenvalue weighted by atomic mass is 10.1. The Bertz CT molecular complexity index is 1180. The van der Waals surface area contributed by atoms with Crippen molar-refractivity contribution in [1.82, 2.24) is 19.4 Å². The highest BCUT2D eigenvalue weighted by Crippen LogP contribution is 2.26. The molecule has 0 aliphatic rings. The van der Waals surface area contributed by atoms with Gasteiger partial charge in [-0.15, -0.1) is 0 Å². The van der Waals surface area contributed by atoms with Crippen LogP contribution in [0, 0.1) is 6.92 Å². The van der Waals surface area contributed by atoms with Crippen molar-refractivity contribution in [3.8, 4) is 17.0 Å². The number of hydrogen-bond acceptors (Lipinski definition) is 4. The highest BCUT2D eigenvalue weighted by atomic mass is 19.3. The quantitative estimate of drug-likeness (QED) is 0.573. The van der Waals surface area contributed by atoms with Crippen LogP contribution in [-0.2, 0) is 6.42 Å². The molecule has 4 aromatic rings. The van der Waals surface area contributed by atoms with E-state index in [2.05, 4.69) is 19.7 Å². The van der Waals surface area contributed by atoms with Crippen molar-refractivity contribution >= 4 is 5.65 Å². The molecule has 142 valence electrons. The second-order valence-electron chi connectivity index (χ2n) is 6.25. The first-order chi connectivity index (χ1) is 13.5. The Morgan fingerprint density at radius 2 is 2.04 bits per heavy atom.